The van der Waals surface area contributed by atoms with Gasteiger partial charge in [0.1, 0.15) is 0 Å². The Balaban J connectivity index is 2.38. The van der Waals surface area contributed by atoms with E-state index in [1.165, 1.54) is 12.1 Å². The highest BCUT2D eigenvalue weighted by molar-refractivity contribution is 5.35. The van der Waals surface area contributed by atoms with Gasteiger partial charge in [-0.15, -0.1) is 0 Å². The van der Waals surface area contributed by atoms with Gasteiger partial charge in [0.15, 0.2) is 5.79 Å². The highest BCUT2D eigenvalue weighted by Gasteiger charge is 2.47. The van der Waals surface area contributed by atoms with Crippen molar-refractivity contribution in [3.63, 3.8) is 0 Å². The number of hydrogen-bond donors (Lipinski definition) is 0. The molecule has 0 amide bonds. The van der Waals surface area contributed by atoms with Crippen LogP contribution in [0.25, 0.3) is 0 Å². The van der Waals surface area contributed by atoms with Gasteiger partial charge >= 0.3 is 0 Å². The molecular formula is C14H19NO4. The van der Waals surface area contributed by atoms with Gasteiger partial charge in [0.05, 0.1) is 17.1 Å². The number of nitro benzene ring substituents is 1. The average molecular weight is 265 g/mol. The topological polar surface area (TPSA) is 61.6 Å². The van der Waals surface area contributed by atoms with Crippen LogP contribution in [0.1, 0.15) is 33.3 Å². The third-order valence-electron chi connectivity index (χ3n) is 3.62. The Bertz CT molecular complexity index is 459. The predicted molar refractivity (Wildman–Crippen MR) is 70.7 cm³/mol. The summed E-state index contributed by atoms with van der Waals surface area (Å²) in [6, 6.07) is 6.39. The van der Waals surface area contributed by atoms with Gasteiger partial charge in [0, 0.05) is 23.6 Å². The highest BCUT2D eigenvalue weighted by Crippen LogP contribution is 2.43. The number of nitro groups is 1. The minimum atomic E-state index is -0.812. The molecule has 19 heavy (non-hydrogen) atoms. The van der Waals surface area contributed by atoms with E-state index < -0.39 is 10.7 Å². The number of ether oxygens (including phenoxy) is 2. The molecule has 0 bridgehead atoms. The maximum absolute atomic E-state index is 10.7. The van der Waals surface area contributed by atoms with Gasteiger partial charge in [0.25, 0.3) is 5.69 Å². The van der Waals surface area contributed by atoms with Gasteiger partial charge in [-0.25, -0.2) is 0 Å². The maximum Gasteiger partial charge on any atom is 0.269 e. The van der Waals surface area contributed by atoms with E-state index in [2.05, 4.69) is 0 Å². The van der Waals surface area contributed by atoms with E-state index in [0.29, 0.717) is 0 Å². The second-order valence-electron chi connectivity index (χ2n) is 5.27. The van der Waals surface area contributed by atoms with Crippen LogP contribution in [0.15, 0.2) is 24.3 Å². The third kappa shape index (κ3) is 2.35. The van der Waals surface area contributed by atoms with Gasteiger partial charge in [-0.05, 0) is 26.0 Å². The van der Waals surface area contributed by atoms with Crippen molar-refractivity contribution in [1.82, 2.24) is 0 Å². The van der Waals surface area contributed by atoms with Crippen molar-refractivity contribution in [2.75, 3.05) is 0 Å². The molecule has 0 aromatic heterocycles. The summed E-state index contributed by atoms with van der Waals surface area (Å²) in [7, 11) is 0. The fourth-order valence-corrected chi connectivity index (χ4v) is 2.33. The summed E-state index contributed by atoms with van der Waals surface area (Å²) in [6.07, 6.45) is -0.00446. The Hall–Kier alpha value is -1.46. The lowest BCUT2D eigenvalue weighted by atomic mass is 9.94. The minimum Gasteiger partial charge on any atom is -0.340 e. The summed E-state index contributed by atoms with van der Waals surface area (Å²) in [5, 5.41) is 10.7. The molecule has 5 heteroatoms. The first-order valence-corrected chi connectivity index (χ1v) is 6.47. The average Bonchev–Trinajstić information content (AvgIpc) is 2.67. The van der Waals surface area contributed by atoms with E-state index in [9.17, 15) is 10.1 Å². The molecule has 0 saturated carbocycles. The second kappa shape index (κ2) is 4.90. The van der Waals surface area contributed by atoms with Crippen molar-refractivity contribution in [2.45, 2.75) is 45.7 Å². The minimum absolute atomic E-state index is 0.00223. The molecule has 1 heterocycles. The van der Waals surface area contributed by atoms with Crippen LogP contribution in [-0.2, 0) is 15.3 Å². The zero-order valence-electron chi connectivity index (χ0n) is 11.6. The smallest absolute Gasteiger partial charge is 0.269 e. The standard InChI is InChI=1S/C14H19NO4/c1-9(2)14(18-10(3)11(4)19-14)12-5-7-13(8-6-12)15(16)17/h5-11H,1-4H3. The Morgan fingerprint density at radius 2 is 1.63 bits per heavy atom. The highest BCUT2D eigenvalue weighted by atomic mass is 16.8. The van der Waals surface area contributed by atoms with Crippen LogP contribution in [0.4, 0.5) is 5.69 Å². The first-order chi connectivity index (χ1) is 8.86. The van der Waals surface area contributed by atoms with Gasteiger partial charge in [-0.3, -0.25) is 10.1 Å². The van der Waals surface area contributed by atoms with Crippen molar-refractivity contribution in [3.05, 3.63) is 39.9 Å². The molecule has 1 aromatic carbocycles. The molecule has 2 atom stereocenters. The van der Waals surface area contributed by atoms with E-state index in [1.807, 2.05) is 27.7 Å². The molecule has 1 aliphatic rings. The number of rotatable bonds is 3. The molecule has 0 aliphatic carbocycles. The van der Waals surface area contributed by atoms with E-state index in [4.69, 9.17) is 9.47 Å². The van der Waals surface area contributed by atoms with Crippen molar-refractivity contribution in [3.8, 4) is 0 Å². The maximum atomic E-state index is 10.7. The normalized spacial score (nSPS) is 30.8. The summed E-state index contributed by atoms with van der Waals surface area (Å²) in [5.74, 6) is -0.699. The lowest BCUT2D eigenvalue weighted by Crippen LogP contribution is -2.34. The second-order valence-corrected chi connectivity index (χ2v) is 5.27. The fraction of sp³-hybridized carbons (Fsp3) is 0.571. The molecule has 1 saturated heterocycles. The molecule has 2 unspecified atom stereocenters. The summed E-state index contributed by atoms with van der Waals surface area (Å²) in [6.45, 7) is 7.98. The van der Waals surface area contributed by atoms with Crippen LogP contribution < -0.4 is 0 Å². The number of nitrogens with zero attached hydrogens (tertiary/aromatic N) is 1. The Morgan fingerprint density at radius 3 is 2.00 bits per heavy atom. The summed E-state index contributed by atoms with van der Waals surface area (Å²) >= 11 is 0. The Labute approximate surface area is 112 Å². The Kier molecular flexibility index (Phi) is 3.60. The summed E-state index contributed by atoms with van der Waals surface area (Å²) in [4.78, 5) is 10.3. The zero-order chi connectivity index (χ0) is 14.2. The predicted octanol–water partition coefficient (Wildman–Crippen LogP) is 3.23. The first-order valence-electron chi connectivity index (χ1n) is 6.47. The van der Waals surface area contributed by atoms with Crippen LogP contribution in [0.3, 0.4) is 0 Å². The van der Waals surface area contributed by atoms with Crippen molar-refractivity contribution in [2.24, 2.45) is 5.92 Å². The van der Waals surface area contributed by atoms with Crippen LogP contribution in [0, 0.1) is 16.0 Å². The van der Waals surface area contributed by atoms with E-state index in [-0.39, 0.29) is 23.8 Å². The molecule has 2 rings (SSSR count). The quantitative estimate of drug-likeness (QED) is 0.621. The molecule has 1 fully saturated rings. The molecule has 5 nitrogen and oxygen atoms in total. The summed E-state index contributed by atoms with van der Waals surface area (Å²) < 4.78 is 12.0. The first kappa shape index (κ1) is 14.0. The van der Waals surface area contributed by atoms with E-state index >= 15 is 0 Å². The van der Waals surface area contributed by atoms with Crippen LogP contribution in [0.2, 0.25) is 0 Å². The van der Waals surface area contributed by atoms with Crippen LogP contribution >= 0.6 is 0 Å². The zero-order valence-corrected chi connectivity index (χ0v) is 11.6. The van der Waals surface area contributed by atoms with E-state index in [1.54, 1.807) is 12.1 Å². The SMILES string of the molecule is CC1OC(c2ccc([N+](=O)[O-])cc2)(C(C)C)OC1C. The molecular weight excluding hydrogens is 246 g/mol. The largest absolute Gasteiger partial charge is 0.340 e. The number of benzene rings is 1. The summed E-state index contributed by atoms with van der Waals surface area (Å²) in [5.41, 5.74) is 0.894. The molecule has 104 valence electrons. The molecule has 0 N–H and O–H groups in total. The lowest BCUT2D eigenvalue weighted by molar-refractivity contribution is -0.384. The number of non-ortho nitro benzene ring substituents is 1. The molecule has 0 spiro atoms. The van der Waals surface area contributed by atoms with Gasteiger partial charge in [-0.2, -0.15) is 0 Å². The third-order valence-corrected chi connectivity index (χ3v) is 3.62. The van der Waals surface area contributed by atoms with Gasteiger partial charge in [-0.1, -0.05) is 13.8 Å². The number of hydrogen-bond acceptors (Lipinski definition) is 4. The van der Waals surface area contributed by atoms with Gasteiger partial charge in [0.2, 0.25) is 0 Å². The van der Waals surface area contributed by atoms with Crippen molar-refractivity contribution in [1.29, 1.82) is 0 Å². The van der Waals surface area contributed by atoms with E-state index in [0.717, 1.165) is 5.56 Å². The fourth-order valence-electron chi connectivity index (χ4n) is 2.33. The molecule has 1 aromatic rings. The van der Waals surface area contributed by atoms with Crippen LogP contribution in [-0.4, -0.2) is 17.1 Å². The van der Waals surface area contributed by atoms with Crippen molar-refractivity contribution >= 4 is 5.69 Å². The Morgan fingerprint density at radius 1 is 1.16 bits per heavy atom. The lowest BCUT2D eigenvalue weighted by Gasteiger charge is -2.32. The molecule has 0 radical (unpaired) electrons. The van der Waals surface area contributed by atoms with Crippen LogP contribution in [0.5, 0.6) is 0 Å². The molecule has 1 aliphatic heterocycles. The van der Waals surface area contributed by atoms with Gasteiger partial charge < -0.3 is 9.47 Å². The monoisotopic (exact) mass is 265 g/mol. The van der Waals surface area contributed by atoms with Crippen molar-refractivity contribution < 1.29 is 14.4 Å².